The fraction of sp³-hybridized carbons (Fsp3) is 0.462. The van der Waals surface area contributed by atoms with E-state index in [0.717, 1.165) is 5.56 Å². The van der Waals surface area contributed by atoms with Gasteiger partial charge >= 0.3 is 0 Å². The number of hydrogen-bond donors (Lipinski definition) is 1. The Morgan fingerprint density at radius 2 is 2.00 bits per heavy atom. The number of nitrogens with one attached hydrogen (secondary N) is 1. The first-order valence-electron chi connectivity index (χ1n) is 5.66. The molecule has 1 unspecified atom stereocenters. The lowest BCUT2D eigenvalue weighted by Crippen LogP contribution is -2.31. The Morgan fingerprint density at radius 1 is 1.35 bits per heavy atom. The van der Waals surface area contributed by atoms with E-state index in [1.807, 2.05) is 45.0 Å². The third-order valence-electron chi connectivity index (χ3n) is 2.30. The molecule has 0 saturated carbocycles. The highest BCUT2D eigenvalue weighted by Gasteiger charge is 2.12. The lowest BCUT2D eigenvalue weighted by Gasteiger charge is -2.16. The molecule has 0 saturated heterocycles. The number of carbonyl (C=O) groups is 1. The van der Waals surface area contributed by atoms with Crippen LogP contribution >= 0.6 is 11.6 Å². The van der Waals surface area contributed by atoms with Crippen molar-refractivity contribution in [2.75, 3.05) is 6.61 Å². The minimum absolute atomic E-state index is 0.0522. The van der Waals surface area contributed by atoms with Crippen LogP contribution in [0.25, 0.3) is 0 Å². The number of benzene rings is 1. The van der Waals surface area contributed by atoms with Crippen molar-refractivity contribution in [2.24, 2.45) is 0 Å². The number of amides is 1. The number of hydrogen-bond acceptors (Lipinski definition) is 2. The highest BCUT2D eigenvalue weighted by atomic mass is 35.5. The number of rotatable bonds is 5. The number of carbonyl (C=O) groups excluding carboxylic acids is 1. The molecule has 1 aromatic rings. The van der Waals surface area contributed by atoms with Gasteiger partial charge in [-0.25, -0.2) is 0 Å². The summed E-state index contributed by atoms with van der Waals surface area (Å²) in [4.78, 5) is 11.6. The van der Waals surface area contributed by atoms with E-state index in [9.17, 15) is 4.79 Å². The first kappa shape index (κ1) is 14.0. The number of halogens is 1. The van der Waals surface area contributed by atoms with Gasteiger partial charge in [0.05, 0.1) is 12.1 Å². The molecule has 94 valence electrons. The molecule has 0 bridgehead atoms. The van der Waals surface area contributed by atoms with Gasteiger partial charge in [-0.1, -0.05) is 29.8 Å². The summed E-state index contributed by atoms with van der Waals surface area (Å²) in [7, 11) is 0. The lowest BCUT2D eigenvalue weighted by atomic mass is 10.1. The lowest BCUT2D eigenvalue weighted by molar-refractivity contribution is -0.127. The Bertz CT molecular complexity index is 379. The third-order valence-corrected chi connectivity index (χ3v) is 2.64. The van der Waals surface area contributed by atoms with Crippen molar-refractivity contribution in [3.63, 3.8) is 0 Å². The van der Waals surface area contributed by atoms with Crippen LogP contribution in [0.15, 0.2) is 24.3 Å². The summed E-state index contributed by atoms with van der Waals surface area (Å²) in [6, 6.07) is 7.35. The zero-order valence-electron chi connectivity index (χ0n) is 10.4. The van der Waals surface area contributed by atoms with Gasteiger partial charge in [-0.05, 0) is 32.4 Å². The van der Waals surface area contributed by atoms with Crippen molar-refractivity contribution in [2.45, 2.75) is 32.9 Å². The first-order chi connectivity index (χ1) is 8.00. The smallest absolute Gasteiger partial charge is 0.246 e. The maximum absolute atomic E-state index is 11.6. The molecule has 0 aromatic heterocycles. The Labute approximate surface area is 107 Å². The van der Waals surface area contributed by atoms with Gasteiger partial charge in [-0.15, -0.1) is 0 Å². The Morgan fingerprint density at radius 3 is 2.59 bits per heavy atom. The summed E-state index contributed by atoms with van der Waals surface area (Å²) in [5.74, 6) is -0.133. The molecule has 4 heteroatoms. The third kappa shape index (κ3) is 4.75. The van der Waals surface area contributed by atoms with Gasteiger partial charge in [0.2, 0.25) is 5.91 Å². The zero-order valence-corrected chi connectivity index (χ0v) is 11.1. The number of ether oxygens (including phenoxy) is 1. The summed E-state index contributed by atoms with van der Waals surface area (Å²) in [6.45, 7) is 5.76. The second-order valence-corrected chi connectivity index (χ2v) is 4.58. The van der Waals surface area contributed by atoms with Crippen molar-refractivity contribution < 1.29 is 9.53 Å². The van der Waals surface area contributed by atoms with E-state index < -0.39 is 0 Å². The van der Waals surface area contributed by atoms with Gasteiger partial charge in [0.15, 0.2) is 0 Å². The second kappa shape index (κ2) is 6.62. The van der Waals surface area contributed by atoms with Gasteiger partial charge in [-0.3, -0.25) is 4.79 Å². The standard InChI is InChI=1S/C13H18ClNO2/c1-9(2)17-8-13(16)15-10(3)11-6-4-5-7-12(11)14/h4-7,9-10H,8H2,1-3H3,(H,15,16). The van der Waals surface area contributed by atoms with E-state index in [4.69, 9.17) is 16.3 Å². The van der Waals surface area contributed by atoms with Gasteiger partial charge in [-0.2, -0.15) is 0 Å². The van der Waals surface area contributed by atoms with Crippen LogP contribution in [0.2, 0.25) is 5.02 Å². The average Bonchev–Trinajstić information content (AvgIpc) is 2.26. The highest BCUT2D eigenvalue weighted by Crippen LogP contribution is 2.21. The maximum Gasteiger partial charge on any atom is 0.246 e. The molecule has 17 heavy (non-hydrogen) atoms. The first-order valence-corrected chi connectivity index (χ1v) is 6.04. The van der Waals surface area contributed by atoms with E-state index in [1.165, 1.54) is 0 Å². The van der Waals surface area contributed by atoms with E-state index >= 15 is 0 Å². The summed E-state index contributed by atoms with van der Waals surface area (Å²) in [6.07, 6.45) is 0.0522. The molecule has 0 radical (unpaired) electrons. The Balaban J connectivity index is 2.52. The fourth-order valence-corrected chi connectivity index (χ4v) is 1.73. The Hall–Kier alpha value is -1.06. The van der Waals surface area contributed by atoms with Crippen LogP contribution in [0.5, 0.6) is 0 Å². The van der Waals surface area contributed by atoms with E-state index in [0.29, 0.717) is 5.02 Å². The molecule has 3 nitrogen and oxygen atoms in total. The van der Waals surface area contributed by atoms with Crippen molar-refractivity contribution >= 4 is 17.5 Å². The molecular weight excluding hydrogens is 238 g/mol. The van der Waals surface area contributed by atoms with Crippen LogP contribution in [0, 0.1) is 0 Å². The van der Waals surface area contributed by atoms with E-state index in [2.05, 4.69) is 5.32 Å². The van der Waals surface area contributed by atoms with Crippen molar-refractivity contribution in [1.82, 2.24) is 5.32 Å². The van der Waals surface area contributed by atoms with Crippen molar-refractivity contribution in [3.8, 4) is 0 Å². The van der Waals surface area contributed by atoms with Crippen molar-refractivity contribution in [1.29, 1.82) is 0 Å². The second-order valence-electron chi connectivity index (χ2n) is 4.17. The zero-order chi connectivity index (χ0) is 12.8. The molecule has 0 spiro atoms. The van der Waals surface area contributed by atoms with Crippen LogP contribution in [0.1, 0.15) is 32.4 Å². The van der Waals surface area contributed by atoms with Crippen molar-refractivity contribution in [3.05, 3.63) is 34.9 Å². The quantitative estimate of drug-likeness (QED) is 0.879. The molecule has 1 rings (SSSR count). The predicted molar refractivity (Wildman–Crippen MR) is 69.1 cm³/mol. The summed E-state index contributed by atoms with van der Waals surface area (Å²) in [5, 5.41) is 3.50. The Kier molecular flexibility index (Phi) is 5.45. The molecule has 0 aliphatic carbocycles. The summed E-state index contributed by atoms with van der Waals surface area (Å²) >= 11 is 6.05. The average molecular weight is 256 g/mol. The van der Waals surface area contributed by atoms with Gasteiger partial charge in [0.25, 0.3) is 0 Å². The fourth-order valence-electron chi connectivity index (χ4n) is 1.43. The SMILES string of the molecule is CC(C)OCC(=O)NC(C)c1ccccc1Cl. The highest BCUT2D eigenvalue weighted by molar-refractivity contribution is 6.31. The normalized spacial score (nSPS) is 12.5. The van der Waals surface area contributed by atoms with Crippen LogP contribution in [0.4, 0.5) is 0 Å². The maximum atomic E-state index is 11.6. The molecule has 0 fully saturated rings. The van der Waals surface area contributed by atoms with Crippen LogP contribution < -0.4 is 5.32 Å². The van der Waals surface area contributed by atoms with Crippen LogP contribution in [-0.2, 0) is 9.53 Å². The monoisotopic (exact) mass is 255 g/mol. The van der Waals surface area contributed by atoms with Gasteiger partial charge in [0, 0.05) is 5.02 Å². The van der Waals surface area contributed by atoms with Gasteiger partial charge < -0.3 is 10.1 Å². The summed E-state index contributed by atoms with van der Waals surface area (Å²) < 4.78 is 5.23. The molecule has 0 heterocycles. The molecular formula is C13H18ClNO2. The van der Waals surface area contributed by atoms with Crippen LogP contribution in [-0.4, -0.2) is 18.6 Å². The molecule has 0 aliphatic rings. The predicted octanol–water partition coefficient (Wildman–Crippen LogP) is 2.94. The van der Waals surface area contributed by atoms with E-state index in [1.54, 1.807) is 0 Å². The molecule has 0 aliphatic heterocycles. The molecule has 1 amide bonds. The van der Waals surface area contributed by atoms with E-state index in [-0.39, 0.29) is 24.7 Å². The minimum Gasteiger partial charge on any atom is -0.369 e. The topological polar surface area (TPSA) is 38.3 Å². The molecule has 1 N–H and O–H groups in total. The molecule has 1 atom stereocenters. The summed E-state index contributed by atoms with van der Waals surface area (Å²) in [5.41, 5.74) is 0.909. The van der Waals surface area contributed by atoms with Gasteiger partial charge in [0.1, 0.15) is 6.61 Å². The molecule has 1 aromatic carbocycles. The largest absolute Gasteiger partial charge is 0.369 e. The minimum atomic E-state index is -0.133. The van der Waals surface area contributed by atoms with Crippen LogP contribution in [0.3, 0.4) is 0 Å².